The highest BCUT2D eigenvalue weighted by atomic mass is 79.9. The zero-order chi connectivity index (χ0) is 12.8. The highest BCUT2D eigenvalue weighted by Gasteiger charge is 2.12. The average Bonchev–Trinajstić information content (AvgIpc) is 2.27. The second-order valence-corrected chi connectivity index (χ2v) is 5.52. The molecule has 0 heterocycles. The predicted octanol–water partition coefficient (Wildman–Crippen LogP) is 3.37. The van der Waals surface area contributed by atoms with Gasteiger partial charge in [0.15, 0.2) is 0 Å². The lowest BCUT2D eigenvalue weighted by Gasteiger charge is -2.16. The summed E-state index contributed by atoms with van der Waals surface area (Å²) >= 11 is 6.72. The number of hydrogen-bond acceptors (Lipinski definition) is 2. The van der Waals surface area contributed by atoms with Crippen LogP contribution < -0.4 is 5.32 Å². The summed E-state index contributed by atoms with van der Waals surface area (Å²) < 4.78 is 6.79. The third-order valence-corrected chi connectivity index (χ3v) is 3.24. The van der Waals surface area contributed by atoms with Gasteiger partial charge in [-0.15, -0.1) is 0 Å². The van der Waals surface area contributed by atoms with Crippen LogP contribution in [0.2, 0.25) is 0 Å². The first kappa shape index (κ1) is 14.7. The van der Waals surface area contributed by atoms with E-state index in [-0.39, 0.29) is 11.9 Å². The van der Waals surface area contributed by atoms with Crippen molar-refractivity contribution in [2.75, 3.05) is 13.7 Å². The minimum atomic E-state index is -0.0871. The van der Waals surface area contributed by atoms with E-state index in [1.807, 2.05) is 13.0 Å². The molecule has 1 rings (SSSR count). The highest BCUT2D eigenvalue weighted by Crippen LogP contribution is 2.20. The van der Waals surface area contributed by atoms with E-state index in [1.165, 1.54) is 0 Å². The molecule has 0 aliphatic heterocycles. The van der Waals surface area contributed by atoms with Crippen LogP contribution in [0.15, 0.2) is 27.1 Å². The Balaban J connectivity index is 2.75. The van der Waals surface area contributed by atoms with Crippen molar-refractivity contribution in [1.82, 2.24) is 5.32 Å². The van der Waals surface area contributed by atoms with Crippen LogP contribution in [0.3, 0.4) is 0 Å². The smallest absolute Gasteiger partial charge is 0.251 e. The Bertz CT molecular complexity index is 376. The standard InChI is InChI=1S/C12H15Br2NO2/c1-3-11(7-17-2)15-12(16)8-4-9(13)6-10(14)5-8/h4-6,11H,3,7H2,1-2H3,(H,15,16). The van der Waals surface area contributed by atoms with E-state index < -0.39 is 0 Å². The number of hydrogen-bond donors (Lipinski definition) is 1. The largest absolute Gasteiger partial charge is 0.383 e. The van der Waals surface area contributed by atoms with Crippen LogP contribution in [0.5, 0.6) is 0 Å². The van der Waals surface area contributed by atoms with E-state index in [0.717, 1.165) is 15.4 Å². The van der Waals surface area contributed by atoms with Crippen LogP contribution in [0, 0.1) is 0 Å². The molecule has 0 aromatic heterocycles. The van der Waals surface area contributed by atoms with Gasteiger partial charge in [0.2, 0.25) is 0 Å². The van der Waals surface area contributed by atoms with Crippen molar-refractivity contribution in [1.29, 1.82) is 0 Å². The SMILES string of the molecule is CCC(COC)NC(=O)c1cc(Br)cc(Br)c1. The van der Waals surface area contributed by atoms with Crippen molar-refractivity contribution >= 4 is 37.8 Å². The predicted molar refractivity (Wildman–Crippen MR) is 75.3 cm³/mol. The number of halogens is 2. The number of methoxy groups -OCH3 is 1. The molecular weight excluding hydrogens is 350 g/mol. The van der Waals surface area contributed by atoms with E-state index in [4.69, 9.17) is 4.74 Å². The van der Waals surface area contributed by atoms with Gasteiger partial charge in [-0.1, -0.05) is 38.8 Å². The van der Waals surface area contributed by atoms with Gasteiger partial charge in [0.25, 0.3) is 5.91 Å². The van der Waals surface area contributed by atoms with Gasteiger partial charge in [-0.3, -0.25) is 4.79 Å². The number of amides is 1. The Morgan fingerprint density at radius 2 is 1.94 bits per heavy atom. The normalized spacial score (nSPS) is 12.2. The van der Waals surface area contributed by atoms with Crippen molar-refractivity contribution in [3.8, 4) is 0 Å². The Morgan fingerprint density at radius 3 is 2.41 bits per heavy atom. The van der Waals surface area contributed by atoms with E-state index in [1.54, 1.807) is 19.2 Å². The maximum atomic E-state index is 12.0. The second-order valence-electron chi connectivity index (χ2n) is 3.69. The first-order valence-corrected chi connectivity index (χ1v) is 6.91. The van der Waals surface area contributed by atoms with Gasteiger partial charge in [0, 0.05) is 21.6 Å². The molecule has 1 unspecified atom stereocenters. The van der Waals surface area contributed by atoms with Gasteiger partial charge in [-0.25, -0.2) is 0 Å². The molecule has 0 fully saturated rings. The zero-order valence-corrected chi connectivity index (χ0v) is 13.0. The summed E-state index contributed by atoms with van der Waals surface area (Å²) in [6, 6.07) is 5.52. The Morgan fingerprint density at radius 1 is 1.35 bits per heavy atom. The van der Waals surface area contributed by atoms with Gasteiger partial charge >= 0.3 is 0 Å². The average molecular weight is 365 g/mol. The highest BCUT2D eigenvalue weighted by molar-refractivity contribution is 9.11. The molecule has 1 atom stereocenters. The Labute approximate surface area is 118 Å². The van der Waals surface area contributed by atoms with Gasteiger partial charge in [0.05, 0.1) is 12.6 Å². The van der Waals surface area contributed by atoms with Crippen molar-refractivity contribution in [2.24, 2.45) is 0 Å². The van der Waals surface area contributed by atoms with Crippen molar-refractivity contribution < 1.29 is 9.53 Å². The molecule has 17 heavy (non-hydrogen) atoms. The molecule has 1 N–H and O–H groups in total. The molecule has 1 aromatic rings. The third-order valence-electron chi connectivity index (χ3n) is 2.32. The maximum Gasteiger partial charge on any atom is 0.251 e. The van der Waals surface area contributed by atoms with Crippen LogP contribution >= 0.6 is 31.9 Å². The summed E-state index contributed by atoms with van der Waals surface area (Å²) in [4.78, 5) is 12.0. The Hall–Kier alpha value is -0.390. The van der Waals surface area contributed by atoms with Crippen molar-refractivity contribution in [3.63, 3.8) is 0 Å². The number of ether oxygens (including phenoxy) is 1. The van der Waals surface area contributed by atoms with E-state index in [0.29, 0.717) is 12.2 Å². The monoisotopic (exact) mass is 363 g/mol. The van der Waals surface area contributed by atoms with Crippen molar-refractivity contribution in [3.05, 3.63) is 32.7 Å². The third kappa shape index (κ3) is 4.77. The fourth-order valence-corrected chi connectivity index (χ4v) is 2.71. The molecule has 0 saturated heterocycles. The molecule has 0 aliphatic carbocycles. The fourth-order valence-electron chi connectivity index (χ4n) is 1.42. The molecule has 0 saturated carbocycles. The fraction of sp³-hybridized carbons (Fsp3) is 0.417. The van der Waals surface area contributed by atoms with Gasteiger partial charge in [0.1, 0.15) is 0 Å². The van der Waals surface area contributed by atoms with Gasteiger partial charge in [-0.2, -0.15) is 0 Å². The zero-order valence-electron chi connectivity index (χ0n) is 9.80. The molecule has 94 valence electrons. The molecule has 0 radical (unpaired) electrons. The second kappa shape index (κ2) is 7.13. The molecule has 3 nitrogen and oxygen atoms in total. The quantitative estimate of drug-likeness (QED) is 0.869. The first-order chi connectivity index (χ1) is 8.06. The van der Waals surface area contributed by atoms with Crippen LogP contribution in [0.25, 0.3) is 0 Å². The molecule has 0 spiro atoms. The summed E-state index contributed by atoms with van der Waals surface area (Å²) in [5.41, 5.74) is 0.626. The number of benzene rings is 1. The maximum absolute atomic E-state index is 12.0. The molecule has 5 heteroatoms. The molecule has 0 bridgehead atoms. The number of nitrogens with one attached hydrogen (secondary N) is 1. The molecule has 1 amide bonds. The summed E-state index contributed by atoms with van der Waals surface area (Å²) in [7, 11) is 1.63. The van der Waals surface area contributed by atoms with E-state index >= 15 is 0 Å². The lowest BCUT2D eigenvalue weighted by molar-refractivity contribution is 0.0894. The minimum absolute atomic E-state index is 0.0465. The lowest BCUT2D eigenvalue weighted by Crippen LogP contribution is -2.37. The summed E-state index contributed by atoms with van der Waals surface area (Å²) in [6.07, 6.45) is 0.842. The lowest BCUT2D eigenvalue weighted by atomic mass is 10.2. The number of carbonyl (C=O) groups is 1. The first-order valence-electron chi connectivity index (χ1n) is 5.32. The number of rotatable bonds is 5. The summed E-state index contributed by atoms with van der Waals surface area (Å²) in [5, 5.41) is 2.93. The summed E-state index contributed by atoms with van der Waals surface area (Å²) in [5.74, 6) is -0.0871. The Kier molecular flexibility index (Phi) is 6.16. The molecule has 1 aromatic carbocycles. The van der Waals surface area contributed by atoms with Gasteiger partial charge < -0.3 is 10.1 Å². The van der Waals surface area contributed by atoms with Crippen LogP contribution in [-0.2, 0) is 4.74 Å². The van der Waals surface area contributed by atoms with Crippen LogP contribution in [-0.4, -0.2) is 25.7 Å². The van der Waals surface area contributed by atoms with E-state index in [2.05, 4.69) is 37.2 Å². The van der Waals surface area contributed by atoms with Crippen molar-refractivity contribution in [2.45, 2.75) is 19.4 Å². The topological polar surface area (TPSA) is 38.3 Å². The van der Waals surface area contributed by atoms with Crippen LogP contribution in [0.1, 0.15) is 23.7 Å². The molecular formula is C12H15Br2NO2. The molecule has 0 aliphatic rings. The minimum Gasteiger partial charge on any atom is -0.383 e. The van der Waals surface area contributed by atoms with Crippen LogP contribution in [0.4, 0.5) is 0 Å². The summed E-state index contributed by atoms with van der Waals surface area (Å²) in [6.45, 7) is 2.54. The van der Waals surface area contributed by atoms with E-state index in [9.17, 15) is 4.79 Å². The number of carbonyl (C=O) groups excluding carboxylic acids is 1. The van der Waals surface area contributed by atoms with Gasteiger partial charge in [-0.05, 0) is 24.6 Å².